The maximum Gasteiger partial charge on any atom is 0.135 e. The van der Waals surface area contributed by atoms with Gasteiger partial charge in [0.2, 0.25) is 0 Å². The molecular formula is C22H17NO2. The molecule has 0 aromatic heterocycles. The average Bonchev–Trinajstić information content (AvgIpc) is 2.65. The highest BCUT2D eigenvalue weighted by Crippen LogP contribution is 2.34. The largest absolute Gasteiger partial charge is 0.507 e. The van der Waals surface area contributed by atoms with Gasteiger partial charge >= 0.3 is 0 Å². The minimum Gasteiger partial charge on any atom is -0.507 e. The Morgan fingerprint density at radius 3 is 2.08 bits per heavy atom. The van der Waals surface area contributed by atoms with Gasteiger partial charge < -0.3 is 15.2 Å². The Balaban J connectivity index is 1.57. The van der Waals surface area contributed by atoms with Crippen molar-refractivity contribution in [2.24, 2.45) is 0 Å². The van der Waals surface area contributed by atoms with E-state index >= 15 is 0 Å². The second-order valence-electron chi connectivity index (χ2n) is 5.75. The van der Waals surface area contributed by atoms with E-state index in [1.54, 1.807) is 6.07 Å². The summed E-state index contributed by atoms with van der Waals surface area (Å²) in [6, 6.07) is 28.9. The number of phenolic OH excluding ortho intramolecular Hbond substituents is 1. The van der Waals surface area contributed by atoms with Crippen LogP contribution in [0.3, 0.4) is 0 Å². The molecule has 0 atom stereocenters. The number of fused-ring (bicyclic) bond motifs is 1. The molecule has 122 valence electrons. The molecule has 0 aliphatic carbocycles. The van der Waals surface area contributed by atoms with Crippen LogP contribution >= 0.6 is 0 Å². The molecule has 3 heteroatoms. The van der Waals surface area contributed by atoms with Gasteiger partial charge in [-0.1, -0.05) is 42.5 Å². The summed E-state index contributed by atoms with van der Waals surface area (Å²) in [7, 11) is 0. The molecule has 4 aromatic carbocycles. The highest BCUT2D eigenvalue weighted by atomic mass is 16.5. The van der Waals surface area contributed by atoms with Crippen LogP contribution in [0.4, 0.5) is 11.4 Å². The first-order valence-electron chi connectivity index (χ1n) is 8.10. The summed E-state index contributed by atoms with van der Waals surface area (Å²) in [5.74, 6) is 1.72. The number of ether oxygens (including phenoxy) is 1. The van der Waals surface area contributed by atoms with Gasteiger partial charge in [0.15, 0.2) is 0 Å². The van der Waals surface area contributed by atoms with Crippen LogP contribution in [0.5, 0.6) is 17.2 Å². The Morgan fingerprint density at radius 2 is 1.28 bits per heavy atom. The lowest BCUT2D eigenvalue weighted by molar-refractivity contribution is 0.478. The van der Waals surface area contributed by atoms with Crippen molar-refractivity contribution in [3.63, 3.8) is 0 Å². The first-order chi connectivity index (χ1) is 12.3. The fourth-order valence-corrected chi connectivity index (χ4v) is 2.77. The maximum absolute atomic E-state index is 9.97. The number of anilines is 2. The van der Waals surface area contributed by atoms with Crippen LogP contribution in [0.25, 0.3) is 10.8 Å². The van der Waals surface area contributed by atoms with E-state index < -0.39 is 0 Å². The second kappa shape index (κ2) is 6.57. The number of para-hydroxylation sites is 1. The maximum atomic E-state index is 9.97. The molecule has 0 amide bonds. The summed E-state index contributed by atoms with van der Waals surface area (Å²) in [6.45, 7) is 0. The van der Waals surface area contributed by atoms with Gasteiger partial charge in [-0.15, -0.1) is 0 Å². The summed E-state index contributed by atoms with van der Waals surface area (Å²) in [6.07, 6.45) is 0. The zero-order valence-electron chi connectivity index (χ0n) is 13.5. The van der Waals surface area contributed by atoms with E-state index in [1.807, 2.05) is 84.9 Å². The average molecular weight is 327 g/mol. The van der Waals surface area contributed by atoms with Gasteiger partial charge in [0.25, 0.3) is 0 Å². The lowest BCUT2D eigenvalue weighted by Crippen LogP contribution is -1.90. The third-order valence-electron chi connectivity index (χ3n) is 4.00. The molecule has 0 heterocycles. The van der Waals surface area contributed by atoms with Crippen LogP contribution in [0.15, 0.2) is 91.0 Å². The van der Waals surface area contributed by atoms with Crippen LogP contribution in [0.2, 0.25) is 0 Å². The van der Waals surface area contributed by atoms with Gasteiger partial charge in [0.05, 0.1) is 0 Å². The summed E-state index contributed by atoms with van der Waals surface area (Å²) in [4.78, 5) is 0. The smallest absolute Gasteiger partial charge is 0.135 e. The van der Waals surface area contributed by atoms with E-state index in [2.05, 4.69) is 5.32 Å². The van der Waals surface area contributed by atoms with Gasteiger partial charge in [-0.2, -0.15) is 0 Å². The van der Waals surface area contributed by atoms with E-state index in [0.29, 0.717) is 0 Å². The Labute approximate surface area is 146 Å². The molecule has 0 aliphatic heterocycles. The number of phenols is 1. The molecule has 2 N–H and O–H groups in total. The molecule has 4 aromatic rings. The van der Waals surface area contributed by atoms with Crippen molar-refractivity contribution < 1.29 is 9.84 Å². The van der Waals surface area contributed by atoms with E-state index in [1.165, 1.54) is 0 Å². The number of hydrogen-bond donors (Lipinski definition) is 2. The molecule has 0 saturated heterocycles. The topological polar surface area (TPSA) is 41.5 Å². The summed E-state index contributed by atoms with van der Waals surface area (Å²) in [5, 5.41) is 15.0. The van der Waals surface area contributed by atoms with Crippen LogP contribution in [0.1, 0.15) is 0 Å². The molecule has 4 rings (SSSR count). The Morgan fingerprint density at radius 1 is 0.600 bits per heavy atom. The lowest BCUT2D eigenvalue weighted by Gasteiger charge is -2.11. The molecule has 0 unspecified atom stereocenters. The monoisotopic (exact) mass is 327 g/mol. The first kappa shape index (κ1) is 15.1. The van der Waals surface area contributed by atoms with Crippen LogP contribution < -0.4 is 10.1 Å². The quantitative estimate of drug-likeness (QED) is 0.477. The zero-order chi connectivity index (χ0) is 17.1. The number of aromatic hydroxyl groups is 1. The van der Waals surface area contributed by atoms with E-state index in [9.17, 15) is 5.11 Å². The molecule has 25 heavy (non-hydrogen) atoms. The summed E-state index contributed by atoms with van der Waals surface area (Å²) in [5.41, 5.74) is 2.04. The van der Waals surface area contributed by atoms with Crippen LogP contribution in [-0.2, 0) is 0 Å². The van der Waals surface area contributed by atoms with Gasteiger partial charge in [-0.25, -0.2) is 0 Å². The molecular weight excluding hydrogens is 310 g/mol. The van der Waals surface area contributed by atoms with Gasteiger partial charge in [-0.05, 0) is 48.5 Å². The lowest BCUT2D eigenvalue weighted by atomic mass is 10.1. The van der Waals surface area contributed by atoms with Crippen molar-refractivity contribution in [2.75, 3.05) is 5.32 Å². The van der Waals surface area contributed by atoms with Crippen molar-refractivity contribution in [3.05, 3.63) is 91.0 Å². The predicted molar refractivity (Wildman–Crippen MR) is 102 cm³/mol. The van der Waals surface area contributed by atoms with Crippen LogP contribution in [0, 0.1) is 0 Å². The highest BCUT2D eigenvalue weighted by molar-refractivity contribution is 5.93. The second-order valence-corrected chi connectivity index (χ2v) is 5.75. The normalized spacial score (nSPS) is 10.6. The van der Waals surface area contributed by atoms with Crippen molar-refractivity contribution in [3.8, 4) is 17.2 Å². The number of nitrogens with one attached hydrogen (secondary N) is 1. The standard InChI is InChI=1S/C22H17NO2/c24-21-10-4-9-20-19(21)8-5-11-22(20)25-18-14-12-17(13-15-18)23-16-6-2-1-3-7-16/h1-15,23-24H. The molecule has 0 spiro atoms. The summed E-state index contributed by atoms with van der Waals surface area (Å²) < 4.78 is 6.01. The first-order valence-corrected chi connectivity index (χ1v) is 8.10. The van der Waals surface area contributed by atoms with E-state index in [0.717, 1.165) is 33.6 Å². The third kappa shape index (κ3) is 3.26. The minimum atomic E-state index is 0.255. The van der Waals surface area contributed by atoms with Crippen molar-refractivity contribution in [2.45, 2.75) is 0 Å². The van der Waals surface area contributed by atoms with Gasteiger partial charge in [0.1, 0.15) is 17.2 Å². The third-order valence-corrected chi connectivity index (χ3v) is 4.00. The number of hydrogen-bond acceptors (Lipinski definition) is 3. The molecule has 0 saturated carbocycles. The van der Waals surface area contributed by atoms with Crippen molar-refractivity contribution in [1.29, 1.82) is 0 Å². The molecule has 0 bridgehead atoms. The molecule has 0 fully saturated rings. The predicted octanol–water partition coefficient (Wildman–Crippen LogP) is 6.08. The van der Waals surface area contributed by atoms with E-state index in [-0.39, 0.29) is 5.75 Å². The number of benzene rings is 4. The van der Waals surface area contributed by atoms with Crippen molar-refractivity contribution in [1.82, 2.24) is 0 Å². The van der Waals surface area contributed by atoms with E-state index in [4.69, 9.17) is 4.74 Å². The SMILES string of the molecule is Oc1cccc2c(Oc3ccc(Nc4ccccc4)cc3)cccc12. The minimum absolute atomic E-state index is 0.255. The highest BCUT2D eigenvalue weighted by Gasteiger charge is 2.06. The fraction of sp³-hybridized carbons (Fsp3) is 0. The number of rotatable bonds is 4. The zero-order valence-corrected chi connectivity index (χ0v) is 13.5. The van der Waals surface area contributed by atoms with Crippen molar-refractivity contribution >= 4 is 22.1 Å². The Hall–Kier alpha value is -3.46. The molecule has 0 radical (unpaired) electrons. The summed E-state index contributed by atoms with van der Waals surface area (Å²) >= 11 is 0. The Bertz CT molecular complexity index is 995. The van der Waals surface area contributed by atoms with Gasteiger partial charge in [-0.3, -0.25) is 0 Å². The van der Waals surface area contributed by atoms with Gasteiger partial charge in [0, 0.05) is 22.1 Å². The molecule has 0 aliphatic rings. The molecule has 3 nitrogen and oxygen atoms in total. The van der Waals surface area contributed by atoms with Crippen LogP contribution in [-0.4, -0.2) is 5.11 Å². The Kier molecular flexibility index (Phi) is 3.97. The fourth-order valence-electron chi connectivity index (χ4n) is 2.77.